The normalized spacial score (nSPS) is 13.9. The number of ether oxygens (including phenoxy) is 1. The van der Waals surface area contributed by atoms with Crippen LogP contribution >= 0.6 is 0 Å². The van der Waals surface area contributed by atoms with Crippen molar-refractivity contribution in [1.29, 1.82) is 0 Å². The first kappa shape index (κ1) is 21.3. The van der Waals surface area contributed by atoms with E-state index in [0.29, 0.717) is 5.75 Å². The fourth-order valence-corrected chi connectivity index (χ4v) is 3.63. The van der Waals surface area contributed by atoms with E-state index in [1.54, 1.807) is 12.1 Å². The average molecular weight is 421 g/mol. The number of aromatic nitrogens is 4. The topological polar surface area (TPSA) is 105 Å². The Bertz CT molecular complexity index is 1080. The van der Waals surface area contributed by atoms with Crippen LogP contribution in [0.2, 0.25) is 0 Å². The zero-order chi connectivity index (χ0) is 21.4. The number of nitrogens with one attached hydrogen (secondary N) is 2. The lowest BCUT2D eigenvalue weighted by molar-refractivity contribution is 0.264. The molecule has 0 saturated heterocycles. The Morgan fingerprint density at radius 1 is 1.21 bits per heavy atom. The van der Waals surface area contributed by atoms with E-state index in [9.17, 15) is 8.42 Å². The highest BCUT2D eigenvalue weighted by Crippen LogP contribution is 2.23. The summed E-state index contributed by atoms with van der Waals surface area (Å²) in [5.74, 6) is 1.33. The molecule has 158 valence electrons. The van der Waals surface area contributed by atoms with Crippen molar-refractivity contribution in [2.24, 2.45) is 0 Å². The van der Waals surface area contributed by atoms with Gasteiger partial charge in [0.25, 0.3) is 0 Å². The Morgan fingerprint density at radius 2 is 1.86 bits per heavy atom. The SMILES string of the molecule is CC(NCOc1ccc(S(=O)(=O)N(C)C)cc1)c1nnc2cc(C(C)(C)C)[nH]n12. The van der Waals surface area contributed by atoms with Crippen LogP contribution in [0.1, 0.15) is 45.3 Å². The summed E-state index contributed by atoms with van der Waals surface area (Å²) in [6.07, 6.45) is 0. The number of hydrogen-bond donors (Lipinski definition) is 2. The fourth-order valence-electron chi connectivity index (χ4n) is 2.72. The molecule has 0 amide bonds. The predicted molar refractivity (Wildman–Crippen MR) is 110 cm³/mol. The van der Waals surface area contributed by atoms with Gasteiger partial charge in [-0.25, -0.2) is 17.2 Å². The maximum Gasteiger partial charge on any atom is 0.242 e. The number of sulfonamides is 1. The quantitative estimate of drug-likeness (QED) is 0.568. The van der Waals surface area contributed by atoms with Crippen molar-refractivity contribution in [3.63, 3.8) is 0 Å². The van der Waals surface area contributed by atoms with E-state index in [2.05, 4.69) is 41.4 Å². The molecule has 9 nitrogen and oxygen atoms in total. The van der Waals surface area contributed by atoms with Crippen molar-refractivity contribution in [3.8, 4) is 5.75 Å². The van der Waals surface area contributed by atoms with Crippen molar-refractivity contribution < 1.29 is 13.2 Å². The predicted octanol–water partition coefficient (Wildman–Crippen LogP) is 2.29. The van der Waals surface area contributed by atoms with Gasteiger partial charge in [0.2, 0.25) is 10.0 Å². The number of benzene rings is 1. The number of H-pyrrole nitrogens is 1. The summed E-state index contributed by atoms with van der Waals surface area (Å²) in [6, 6.07) is 8.23. The molecule has 10 heteroatoms. The molecule has 29 heavy (non-hydrogen) atoms. The Morgan fingerprint density at radius 3 is 2.45 bits per heavy atom. The van der Waals surface area contributed by atoms with Gasteiger partial charge in [0.15, 0.2) is 11.5 Å². The lowest BCUT2D eigenvalue weighted by Crippen LogP contribution is -2.25. The van der Waals surface area contributed by atoms with Crippen LogP contribution in [0.4, 0.5) is 0 Å². The molecule has 2 heterocycles. The molecule has 1 unspecified atom stereocenters. The highest BCUT2D eigenvalue weighted by atomic mass is 32.2. The molecule has 0 aliphatic rings. The molecule has 0 bridgehead atoms. The van der Waals surface area contributed by atoms with Crippen LogP contribution in [0.15, 0.2) is 35.2 Å². The lowest BCUT2D eigenvalue weighted by Gasteiger charge is -2.16. The molecule has 0 fully saturated rings. The molecular weight excluding hydrogens is 392 g/mol. The molecule has 0 aliphatic carbocycles. The van der Waals surface area contributed by atoms with E-state index in [-0.39, 0.29) is 23.1 Å². The zero-order valence-electron chi connectivity index (χ0n) is 17.6. The highest BCUT2D eigenvalue weighted by molar-refractivity contribution is 7.89. The third-order valence-electron chi connectivity index (χ3n) is 4.64. The minimum absolute atomic E-state index is 0.00995. The zero-order valence-corrected chi connectivity index (χ0v) is 18.4. The van der Waals surface area contributed by atoms with Gasteiger partial charge in [-0.2, -0.15) is 0 Å². The summed E-state index contributed by atoms with van der Waals surface area (Å²) >= 11 is 0. The van der Waals surface area contributed by atoms with E-state index in [1.807, 2.05) is 17.5 Å². The molecule has 2 aromatic heterocycles. The Hall–Kier alpha value is -2.43. The minimum Gasteiger partial charge on any atom is -0.478 e. The van der Waals surface area contributed by atoms with Crippen molar-refractivity contribution >= 4 is 15.7 Å². The molecule has 3 aromatic rings. The second-order valence-corrected chi connectivity index (χ2v) is 10.3. The van der Waals surface area contributed by atoms with Crippen LogP contribution < -0.4 is 10.1 Å². The van der Waals surface area contributed by atoms with Gasteiger partial charge in [-0.3, -0.25) is 10.4 Å². The molecule has 1 atom stereocenters. The van der Waals surface area contributed by atoms with Crippen LogP contribution in [-0.4, -0.2) is 53.4 Å². The van der Waals surface area contributed by atoms with Crippen LogP contribution in [0, 0.1) is 0 Å². The monoisotopic (exact) mass is 420 g/mol. The Kier molecular flexibility index (Phi) is 5.70. The Labute approximate surface area is 171 Å². The Balaban J connectivity index is 1.62. The molecule has 0 saturated carbocycles. The fraction of sp³-hybridized carbons (Fsp3) is 0.474. The lowest BCUT2D eigenvalue weighted by atomic mass is 9.93. The van der Waals surface area contributed by atoms with Crippen molar-refractivity contribution in [2.75, 3.05) is 20.8 Å². The summed E-state index contributed by atoms with van der Waals surface area (Å²) < 4.78 is 32.9. The van der Waals surface area contributed by atoms with Gasteiger partial charge in [-0.15, -0.1) is 10.2 Å². The summed E-state index contributed by atoms with van der Waals surface area (Å²) in [7, 11) is -0.444. The van der Waals surface area contributed by atoms with Crippen LogP contribution in [0.25, 0.3) is 5.65 Å². The van der Waals surface area contributed by atoms with Gasteiger partial charge < -0.3 is 4.74 Å². The number of fused-ring (bicyclic) bond motifs is 1. The molecule has 0 aliphatic heterocycles. The van der Waals surface area contributed by atoms with Crippen molar-refractivity contribution in [1.82, 2.24) is 29.4 Å². The summed E-state index contributed by atoms with van der Waals surface area (Å²) in [4.78, 5) is 0.225. The third kappa shape index (κ3) is 4.44. The van der Waals surface area contributed by atoms with Gasteiger partial charge in [-0.05, 0) is 31.2 Å². The highest BCUT2D eigenvalue weighted by Gasteiger charge is 2.21. The van der Waals surface area contributed by atoms with Crippen LogP contribution in [-0.2, 0) is 15.4 Å². The number of rotatable bonds is 7. The third-order valence-corrected chi connectivity index (χ3v) is 6.47. The first-order chi connectivity index (χ1) is 13.5. The first-order valence-corrected chi connectivity index (χ1v) is 10.8. The van der Waals surface area contributed by atoms with E-state index in [4.69, 9.17) is 4.74 Å². The largest absolute Gasteiger partial charge is 0.478 e. The number of nitrogens with zero attached hydrogens (tertiary/aromatic N) is 4. The van der Waals surface area contributed by atoms with Gasteiger partial charge in [0.1, 0.15) is 12.5 Å². The summed E-state index contributed by atoms with van der Waals surface area (Å²) in [6.45, 7) is 8.62. The van der Waals surface area contributed by atoms with Crippen molar-refractivity contribution in [3.05, 3.63) is 41.9 Å². The standard InChI is InChI=1S/C19H28N6O3S/c1-13(18-22-21-17-11-16(19(2,3)4)23-25(17)18)20-12-28-14-7-9-15(10-8-14)29(26,27)24(5)6/h7-11,13,20,23H,12H2,1-6H3. The van der Waals surface area contributed by atoms with Crippen LogP contribution in [0.3, 0.4) is 0 Å². The molecular formula is C19H28N6O3S. The van der Waals surface area contributed by atoms with E-state index in [1.165, 1.54) is 30.5 Å². The molecule has 0 radical (unpaired) electrons. The maximum atomic E-state index is 12.1. The first-order valence-electron chi connectivity index (χ1n) is 9.33. The van der Waals surface area contributed by atoms with Gasteiger partial charge >= 0.3 is 0 Å². The van der Waals surface area contributed by atoms with Crippen LogP contribution in [0.5, 0.6) is 5.75 Å². The number of hydrogen-bond acceptors (Lipinski definition) is 6. The van der Waals surface area contributed by atoms with Gasteiger partial charge in [0.05, 0.1) is 10.9 Å². The molecule has 2 N–H and O–H groups in total. The smallest absolute Gasteiger partial charge is 0.242 e. The minimum atomic E-state index is -3.45. The van der Waals surface area contributed by atoms with Gasteiger partial charge in [-0.1, -0.05) is 20.8 Å². The average Bonchev–Trinajstić information content (AvgIpc) is 3.22. The maximum absolute atomic E-state index is 12.1. The molecule has 3 rings (SSSR count). The molecule has 1 aromatic carbocycles. The summed E-state index contributed by atoms with van der Waals surface area (Å²) in [5.41, 5.74) is 1.85. The van der Waals surface area contributed by atoms with E-state index >= 15 is 0 Å². The van der Waals surface area contributed by atoms with Gasteiger partial charge in [0, 0.05) is 31.3 Å². The second-order valence-electron chi connectivity index (χ2n) is 8.14. The molecule has 0 spiro atoms. The second kappa shape index (κ2) is 7.77. The van der Waals surface area contributed by atoms with E-state index in [0.717, 1.165) is 17.2 Å². The number of aromatic amines is 1. The summed E-state index contributed by atoms with van der Waals surface area (Å²) in [5, 5.41) is 15.1. The van der Waals surface area contributed by atoms with Crippen molar-refractivity contribution in [2.45, 2.75) is 44.0 Å². The van der Waals surface area contributed by atoms with E-state index < -0.39 is 10.0 Å².